The Labute approximate surface area is 209 Å². The summed E-state index contributed by atoms with van der Waals surface area (Å²) in [6, 6.07) is 18.0. The molecule has 3 aromatic heterocycles. The third kappa shape index (κ3) is 5.13. The maximum absolute atomic E-state index is 13.8. The van der Waals surface area contributed by atoms with Gasteiger partial charge >= 0.3 is 0 Å². The molecule has 1 N–H and O–H groups in total. The lowest BCUT2D eigenvalue weighted by atomic mass is 10.2. The number of benzene rings is 2. The molecular formula is C25H19FN6OS2. The molecule has 3 heterocycles. The maximum atomic E-state index is 13.8. The summed E-state index contributed by atoms with van der Waals surface area (Å²) < 4.78 is 15.8. The maximum Gasteiger partial charge on any atom is 0.275 e. The van der Waals surface area contributed by atoms with Crippen molar-refractivity contribution < 1.29 is 9.18 Å². The highest BCUT2D eigenvalue weighted by Gasteiger charge is 2.18. The molecule has 0 saturated heterocycles. The van der Waals surface area contributed by atoms with E-state index in [2.05, 4.69) is 25.5 Å². The van der Waals surface area contributed by atoms with Crippen molar-refractivity contribution in [2.24, 2.45) is 0 Å². The number of hydrogen-bond acceptors (Lipinski definition) is 7. The quantitative estimate of drug-likeness (QED) is 0.284. The van der Waals surface area contributed by atoms with Gasteiger partial charge in [-0.2, -0.15) is 0 Å². The Morgan fingerprint density at radius 3 is 2.60 bits per heavy atom. The number of aryl methyl sites for hydroxylation is 1. The lowest BCUT2D eigenvalue weighted by Gasteiger charge is -2.10. The predicted octanol–water partition coefficient (Wildman–Crippen LogP) is 5.78. The summed E-state index contributed by atoms with van der Waals surface area (Å²) in [5.41, 5.74) is 3.37. The number of thiazole rings is 1. The predicted molar refractivity (Wildman–Crippen MR) is 135 cm³/mol. The Morgan fingerprint density at radius 2 is 1.83 bits per heavy atom. The fourth-order valence-electron chi connectivity index (χ4n) is 3.33. The zero-order valence-corrected chi connectivity index (χ0v) is 20.2. The number of amides is 1. The van der Waals surface area contributed by atoms with E-state index in [0.29, 0.717) is 16.7 Å². The highest BCUT2D eigenvalue weighted by molar-refractivity contribution is 7.98. The Balaban J connectivity index is 1.36. The van der Waals surface area contributed by atoms with Gasteiger partial charge in [0.25, 0.3) is 5.91 Å². The van der Waals surface area contributed by atoms with Gasteiger partial charge in [-0.05, 0) is 43.3 Å². The summed E-state index contributed by atoms with van der Waals surface area (Å²) in [6.45, 7) is 2.04. The van der Waals surface area contributed by atoms with Crippen LogP contribution < -0.4 is 5.32 Å². The molecule has 174 valence electrons. The first-order valence-corrected chi connectivity index (χ1v) is 12.5. The molecule has 10 heteroatoms. The molecular weight excluding hydrogens is 483 g/mol. The summed E-state index contributed by atoms with van der Waals surface area (Å²) in [5.74, 6) is 0.262. The van der Waals surface area contributed by atoms with E-state index in [9.17, 15) is 9.18 Å². The van der Waals surface area contributed by atoms with Gasteiger partial charge in [-0.25, -0.2) is 9.37 Å². The Bertz CT molecular complexity index is 1470. The molecule has 1 amide bonds. The number of hydrogen-bond donors (Lipinski definition) is 1. The summed E-state index contributed by atoms with van der Waals surface area (Å²) in [5, 5.41) is 14.5. The number of para-hydroxylation sites is 1. The van der Waals surface area contributed by atoms with Crippen LogP contribution in [0.15, 0.2) is 83.6 Å². The van der Waals surface area contributed by atoms with E-state index in [0.717, 1.165) is 21.8 Å². The van der Waals surface area contributed by atoms with Crippen molar-refractivity contribution in [1.29, 1.82) is 0 Å². The number of aromatic nitrogens is 5. The first-order valence-electron chi connectivity index (χ1n) is 10.6. The molecule has 0 unspecified atom stereocenters. The summed E-state index contributed by atoms with van der Waals surface area (Å²) in [4.78, 5) is 21.0. The van der Waals surface area contributed by atoms with Crippen LogP contribution in [0.4, 0.5) is 10.1 Å². The number of carbonyl (C=O) groups is 1. The average Bonchev–Trinajstić information content (AvgIpc) is 3.53. The molecule has 0 saturated carbocycles. The van der Waals surface area contributed by atoms with Crippen LogP contribution in [0.25, 0.3) is 17.1 Å². The summed E-state index contributed by atoms with van der Waals surface area (Å²) in [6.07, 6.45) is 3.44. The number of pyridine rings is 1. The highest BCUT2D eigenvalue weighted by Crippen LogP contribution is 2.30. The Morgan fingerprint density at radius 1 is 1.06 bits per heavy atom. The van der Waals surface area contributed by atoms with Gasteiger partial charge in [-0.3, -0.25) is 14.3 Å². The molecule has 0 spiro atoms. The summed E-state index contributed by atoms with van der Waals surface area (Å²) in [7, 11) is 0. The van der Waals surface area contributed by atoms with E-state index >= 15 is 0 Å². The second kappa shape index (κ2) is 10.2. The van der Waals surface area contributed by atoms with Crippen molar-refractivity contribution in [3.05, 3.63) is 101 Å². The topological polar surface area (TPSA) is 85.6 Å². The molecule has 2 aromatic carbocycles. The second-order valence-electron chi connectivity index (χ2n) is 7.56. The van der Waals surface area contributed by atoms with E-state index < -0.39 is 11.7 Å². The van der Waals surface area contributed by atoms with Crippen molar-refractivity contribution in [2.75, 3.05) is 5.32 Å². The second-order valence-corrected chi connectivity index (χ2v) is 9.45. The number of halogens is 1. The first kappa shape index (κ1) is 22.9. The van der Waals surface area contributed by atoms with Gasteiger partial charge < -0.3 is 5.32 Å². The Kier molecular flexibility index (Phi) is 6.64. The van der Waals surface area contributed by atoms with Gasteiger partial charge in [0.15, 0.2) is 11.0 Å². The minimum Gasteiger partial charge on any atom is -0.318 e. The minimum absolute atomic E-state index is 0.122. The minimum atomic E-state index is -0.493. The summed E-state index contributed by atoms with van der Waals surface area (Å²) >= 11 is 2.84. The SMILES string of the molecule is Cc1ccc(-n2c(SCc3nc(C(=O)Nc4ccccc4F)cs3)nnc2-c2ccncc2)cc1. The van der Waals surface area contributed by atoms with Gasteiger partial charge in [0.2, 0.25) is 0 Å². The average molecular weight is 503 g/mol. The van der Waals surface area contributed by atoms with E-state index in [4.69, 9.17) is 0 Å². The van der Waals surface area contributed by atoms with Crippen LogP contribution in [0, 0.1) is 12.7 Å². The van der Waals surface area contributed by atoms with Gasteiger partial charge in [0.05, 0.1) is 11.4 Å². The molecule has 0 aliphatic carbocycles. The van der Waals surface area contributed by atoms with E-state index in [1.54, 1.807) is 29.9 Å². The molecule has 0 aliphatic heterocycles. The van der Waals surface area contributed by atoms with Crippen LogP contribution in [-0.2, 0) is 5.75 Å². The molecule has 5 rings (SSSR count). The van der Waals surface area contributed by atoms with Crippen LogP contribution in [0.1, 0.15) is 21.1 Å². The monoisotopic (exact) mass is 502 g/mol. The highest BCUT2D eigenvalue weighted by atomic mass is 32.2. The van der Waals surface area contributed by atoms with Gasteiger partial charge in [-0.1, -0.05) is 41.6 Å². The van der Waals surface area contributed by atoms with Crippen molar-refractivity contribution in [3.63, 3.8) is 0 Å². The molecule has 5 aromatic rings. The van der Waals surface area contributed by atoms with Crippen LogP contribution in [0.5, 0.6) is 0 Å². The molecule has 0 aliphatic rings. The smallest absolute Gasteiger partial charge is 0.275 e. The van der Waals surface area contributed by atoms with Crippen LogP contribution in [-0.4, -0.2) is 30.6 Å². The molecule has 35 heavy (non-hydrogen) atoms. The molecule has 7 nitrogen and oxygen atoms in total. The lowest BCUT2D eigenvalue weighted by molar-refractivity contribution is 0.102. The molecule has 0 bridgehead atoms. The van der Waals surface area contributed by atoms with E-state index in [1.165, 1.54) is 35.2 Å². The van der Waals surface area contributed by atoms with Crippen molar-refractivity contribution in [1.82, 2.24) is 24.7 Å². The molecule has 0 fully saturated rings. The van der Waals surface area contributed by atoms with Gasteiger partial charge in [0, 0.05) is 29.0 Å². The van der Waals surface area contributed by atoms with Crippen molar-refractivity contribution >= 4 is 34.7 Å². The number of nitrogens with zero attached hydrogens (tertiary/aromatic N) is 5. The van der Waals surface area contributed by atoms with Gasteiger partial charge in [0.1, 0.15) is 16.5 Å². The Hall–Kier alpha value is -3.89. The zero-order valence-electron chi connectivity index (χ0n) is 18.6. The van der Waals surface area contributed by atoms with E-state index in [1.807, 2.05) is 47.9 Å². The third-order valence-electron chi connectivity index (χ3n) is 5.10. The fraction of sp³-hybridized carbons (Fsp3) is 0.0800. The van der Waals surface area contributed by atoms with Crippen molar-refractivity contribution in [2.45, 2.75) is 17.8 Å². The van der Waals surface area contributed by atoms with Crippen LogP contribution >= 0.6 is 23.1 Å². The van der Waals surface area contributed by atoms with Gasteiger partial charge in [-0.15, -0.1) is 21.5 Å². The standard InChI is InChI=1S/C25H19FN6OS2/c1-16-6-8-18(9-7-16)32-23(17-10-12-27-13-11-17)30-31-25(32)35-15-22-28-21(14-34-22)24(33)29-20-5-3-2-4-19(20)26/h2-14H,15H2,1H3,(H,29,33). The number of nitrogens with one attached hydrogen (secondary N) is 1. The normalized spacial score (nSPS) is 10.9. The largest absolute Gasteiger partial charge is 0.318 e. The third-order valence-corrected chi connectivity index (χ3v) is 7.07. The number of thioether (sulfide) groups is 1. The first-order chi connectivity index (χ1) is 17.1. The lowest BCUT2D eigenvalue weighted by Crippen LogP contribution is -2.13. The number of rotatable bonds is 7. The number of anilines is 1. The van der Waals surface area contributed by atoms with Crippen molar-refractivity contribution in [3.8, 4) is 17.1 Å². The molecule has 0 atom stereocenters. The van der Waals surface area contributed by atoms with E-state index in [-0.39, 0.29) is 11.4 Å². The van der Waals surface area contributed by atoms with Crippen LogP contribution in [0.2, 0.25) is 0 Å². The molecule has 0 radical (unpaired) electrons. The fourth-order valence-corrected chi connectivity index (χ4v) is 5.08. The zero-order chi connectivity index (χ0) is 24.2. The number of carbonyl (C=O) groups excluding carboxylic acids is 1. The van der Waals surface area contributed by atoms with Crippen LogP contribution in [0.3, 0.4) is 0 Å².